The molecule has 0 radical (unpaired) electrons. The van der Waals surface area contributed by atoms with Crippen LogP contribution in [0.15, 0.2) is 50.7 Å². The molecule has 8 heteroatoms. The highest BCUT2D eigenvalue weighted by molar-refractivity contribution is 7.13. The normalized spacial score (nSPS) is 11.4. The van der Waals surface area contributed by atoms with Crippen molar-refractivity contribution >= 4 is 45.1 Å². The fourth-order valence-corrected chi connectivity index (χ4v) is 3.83. The standard InChI is InChI=1S/C20H14N4O3S/c1-10-18-13(9-15(17-4-3-7-28-17)23-20(18)27-24-10)19(25)22-12-5-6-16-14(8-12)21-11(2)26-16/h3-9H,1-2H3,(H,22,25). The SMILES string of the molecule is Cc1nc2cc(NC(=O)c3cc(-c4cccs4)nc4onc(C)c34)ccc2o1. The highest BCUT2D eigenvalue weighted by Gasteiger charge is 2.20. The summed E-state index contributed by atoms with van der Waals surface area (Å²) in [5.74, 6) is 0.311. The molecule has 0 saturated heterocycles. The largest absolute Gasteiger partial charge is 0.441 e. The molecule has 0 spiro atoms. The second-order valence-corrected chi connectivity index (χ2v) is 7.30. The van der Waals surface area contributed by atoms with Crippen LogP contribution < -0.4 is 5.32 Å². The number of aryl methyl sites for hydroxylation is 2. The summed E-state index contributed by atoms with van der Waals surface area (Å²) in [6.45, 7) is 3.58. The topological polar surface area (TPSA) is 94.1 Å². The molecule has 0 unspecified atom stereocenters. The number of rotatable bonds is 3. The Morgan fingerprint density at radius 2 is 2.04 bits per heavy atom. The van der Waals surface area contributed by atoms with E-state index in [1.54, 1.807) is 49.4 Å². The first-order chi connectivity index (χ1) is 13.6. The van der Waals surface area contributed by atoms with Gasteiger partial charge in [0.2, 0.25) is 0 Å². The molecule has 5 aromatic rings. The quantitative estimate of drug-likeness (QED) is 0.468. The number of carbonyl (C=O) groups excluding carboxylic acids is 1. The van der Waals surface area contributed by atoms with E-state index in [2.05, 4.69) is 20.4 Å². The van der Waals surface area contributed by atoms with Gasteiger partial charge in [-0.25, -0.2) is 9.97 Å². The first-order valence-corrected chi connectivity index (χ1v) is 9.46. The zero-order valence-corrected chi connectivity index (χ0v) is 15.8. The van der Waals surface area contributed by atoms with Gasteiger partial charge in [0.15, 0.2) is 11.5 Å². The van der Waals surface area contributed by atoms with Crippen LogP contribution in [0.2, 0.25) is 0 Å². The number of hydrogen-bond donors (Lipinski definition) is 1. The van der Waals surface area contributed by atoms with Crippen LogP contribution >= 0.6 is 11.3 Å². The minimum Gasteiger partial charge on any atom is -0.441 e. The molecule has 4 heterocycles. The maximum atomic E-state index is 13.1. The molecule has 1 amide bonds. The lowest BCUT2D eigenvalue weighted by molar-refractivity contribution is 0.102. The fraction of sp³-hybridized carbons (Fsp3) is 0.100. The van der Waals surface area contributed by atoms with Crippen molar-refractivity contribution in [3.05, 3.63) is 58.9 Å². The van der Waals surface area contributed by atoms with E-state index in [4.69, 9.17) is 8.94 Å². The minimum absolute atomic E-state index is 0.268. The summed E-state index contributed by atoms with van der Waals surface area (Å²) in [6.07, 6.45) is 0. The van der Waals surface area contributed by atoms with E-state index >= 15 is 0 Å². The highest BCUT2D eigenvalue weighted by Crippen LogP contribution is 2.30. The molecule has 5 rings (SSSR count). The first kappa shape index (κ1) is 16.6. The van der Waals surface area contributed by atoms with Gasteiger partial charge in [0.1, 0.15) is 5.52 Å². The van der Waals surface area contributed by atoms with E-state index in [1.807, 2.05) is 17.5 Å². The Balaban J connectivity index is 1.58. The van der Waals surface area contributed by atoms with Crippen LogP contribution in [0.4, 0.5) is 5.69 Å². The molecule has 138 valence electrons. The van der Waals surface area contributed by atoms with Crippen LogP contribution in [0.25, 0.3) is 32.8 Å². The molecule has 0 fully saturated rings. The number of carbonyl (C=O) groups is 1. The molecule has 0 atom stereocenters. The van der Waals surface area contributed by atoms with Crippen molar-refractivity contribution in [2.75, 3.05) is 5.32 Å². The Morgan fingerprint density at radius 3 is 2.86 bits per heavy atom. The second-order valence-electron chi connectivity index (χ2n) is 6.35. The monoisotopic (exact) mass is 390 g/mol. The zero-order valence-electron chi connectivity index (χ0n) is 15.0. The Hall–Kier alpha value is -3.52. The number of pyridine rings is 1. The van der Waals surface area contributed by atoms with Crippen LogP contribution in [-0.4, -0.2) is 21.0 Å². The Labute approximate surface area is 163 Å². The molecule has 1 N–H and O–H groups in total. The Bertz CT molecular complexity index is 1330. The number of aromatic nitrogens is 3. The van der Waals surface area contributed by atoms with Gasteiger partial charge in [-0.3, -0.25) is 4.79 Å². The average molecular weight is 390 g/mol. The molecule has 0 aliphatic carbocycles. The summed E-state index contributed by atoms with van der Waals surface area (Å²) in [7, 11) is 0. The van der Waals surface area contributed by atoms with E-state index in [9.17, 15) is 4.79 Å². The fourth-order valence-electron chi connectivity index (χ4n) is 3.14. The number of fused-ring (bicyclic) bond motifs is 2. The molecular formula is C20H14N4O3S. The number of hydrogen-bond acceptors (Lipinski definition) is 7. The van der Waals surface area contributed by atoms with Gasteiger partial charge in [-0.05, 0) is 42.6 Å². The minimum atomic E-state index is -0.268. The van der Waals surface area contributed by atoms with E-state index in [0.717, 1.165) is 4.88 Å². The summed E-state index contributed by atoms with van der Waals surface area (Å²) in [4.78, 5) is 22.9. The van der Waals surface area contributed by atoms with Gasteiger partial charge in [-0.1, -0.05) is 11.2 Å². The molecule has 7 nitrogen and oxygen atoms in total. The van der Waals surface area contributed by atoms with Crippen molar-refractivity contribution < 1.29 is 13.7 Å². The zero-order chi connectivity index (χ0) is 19.3. The summed E-state index contributed by atoms with van der Waals surface area (Å²) in [6, 6.07) is 11.0. The van der Waals surface area contributed by atoms with Crippen molar-refractivity contribution in [1.82, 2.24) is 15.1 Å². The third-order valence-corrected chi connectivity index (χ3v) is 5.28. The van der Waals surface area contributed by atoms with Crippen molar-refractivity contribution in [2.45, 2.75) is 13.8 Å². The van der Waals surface area contributed by atoms with Crippen molar-refractivity contribution in [1.29, 1.82) is 0 Å². The van der Waals surface area contributed by atoms with Gasteiger partial charge in [-0.2, -0.15) is 0 Å². The Morgan fingerprint density at radius 1 is 1.14 bits per heavy atom. The summed E-state index contributed by atoms with van der Waals surface area (Å²) in [5, 5.41) is 9.47. The van der Waals surface area contributed by atoms with Gasteiger partial charge >= 0.3 is 0 Å². The lowest BCUT2D eigenvalue weighted by Gasteiger charge is -2.07. The van der Waals surface area contributed by atoms with Crippen LogP contribution in [0.1, 0.15) is 21.9 Å². The third kappa shape index (κ3) is 2.74. The third-order valence-electron chi connectivity index (χ3n) is 4.39. The van der Waals surface area contributed by atoms with Crippen LogP contribution in [0, 0.1) is 13.8 Å². The van der Waals surface area contributed by atoms with Gasteiger partial charge in [0, 0.05) is 12.6 Å². The van der Waals surface area contributed by atoms with Crippen LogP contribution in [0.3, 0.4) is 0 Å². The van der Waals surface area contributed by atoms with Crippen molar-refractivity contribution in [3.63, 3.8) is 0 Å². The number of amides is 1. The lowest BCUT2D eigenvalue weighted by atomic mass is 10.1. The Kier molecular flexibility index (Phi) is 3.73. The maximum Gasteiger partial charge on any atom is 0.259 e. The van der Waals surface area contributed by atoms with E-state index in [-0.39, 0.29) is 5.91 Å². The predicted octanol–water partition coefficient (Wildman–Crippen LogP) is 4.96. The summed E-state index contributed by atoms with van der Waals surface area (Å²) < 4.78 is 10.8. The van der Waals surface area contributed by atoms with E-state index in [1.165, 1.54) is 0 Å². The molecule has 0 aliphatic heterocycles. The number of nitrogens with one attached hydrogen (secondary N) is 1. The average Bonchev–Trinajstić information content (AvgIpc) is 3.40. The van der Waals surface area contributed by atoms with Gasteiger partial charge in [-0.15, -0.1) is 11.3 Å². The molecule has 0 saturated carbocycles. The molecule has 1 aromatic carbocycles. The lowest BCUT2D eigenvalue weighted by Crippen LogP contribution is -2.13. The number of oxazole rings is 1. The van der Waals surface area contributed by atoms with Gasteiger partial charge in [0.25, 0.3) is 11.6 Å². The molecule has 28 heavy (non-hydrogen) atoms. The molecule has 0 aliphatic rings. The maximum absolute atomic E-state index is 13.1. The van der Waals surface area contributed by atoms with Gasteiger partial charge in [0.05, 0.1) is 27.2 Å². The second kappa shape index (κ2) is 6.28. The predicted molar refractivity (Wildman–Crippen MR) is 107 cm³/mol. The van der Waals surface area contributed by atoms with Gasteiger partial charge < -0.3 is 14.3 Å². The number of nitrogens with zero attached hydrogens (tertiary/aromatic N) is 3. The van der Waals surface area contributed by atoms with Crippen molar-refractivity contribution in [2.24, 2.45) is 0 Å². The number of anilines is 1. The molecule has 4 aromatic heterocycles. The van der Waals surface area contributed by atoms with Crippen LogP contribution in [-0.2, 0) is 0 Å². The smallest absolute Gasteiger partial charge is 0.259 e. The van der Waals surface area contributed by atoms with E-state index in [0.29, 0.717) is 50.7 Å². The molecular weight excluding hydrogens is 376 g/mol. The molecule has 0 bridgehead atoms. The van der Waals surface area contributed by atoms with Crippen LogP contribution in [0.5, 0.6) is 0 Å². The first-order valence-electron chi connectivity index (χ1n) is 8.58. The number of benzene rings is 1. The summed E-state index contributed by atoms with van der Waals surface area (Å²) in [5.41, 5.74) is 4.09. The van der Waals surface area contributed by atoms with E-state index < -0.39 is 0 Å². The number of thiophene rings is 1. The highest BCUT2D eigenvalue weighted by atomic mass is 32.1. The summed E-state index contributed by atoms with van der Waals surface area (Å²) >= 11 is 1.54. The van der Waals surface area contributed by atoms with Crippen molar-refractivity contribution in [3.8, 4) is 10.6 Å².